The minimum absolute atomic E-state index is 0.737. The van der Waals surface area contributed by atoms with Crippen LogP contribution in [0.1, 0.15) is 11.5 Å². The van der Waals surface area contributed by atoms with E-state index in [-0.39, 0.29) is 0 Å². The van der Waals surface area contributed by atoms with Gasteiger partial charge in [-0.3, -0.25) is 0 Å². The standard InChI is InChI=1S/C25H22FP/c26-25(21-13-5-1-6-14-21)27(22-15-7-2-8-16-22,23-17-9-3-10-18-23)24-19-11-4-12-20-24/h1-20,25,27H. The Hall–Kier alpha value is -2.76. The second kappa shape index (κ2) is 7.86. The molecule has 0 saturated heterocycles. The third-order valence-corrected chi connectivity index (χ3v) is 9.99. The fraction of sp³-hybridized carbons (Fsp3) is 0.0400. The summed E-state index contributed by atoms with van der Waals surface area (Å²) in [6, 6.07) is 40.2. The molecule has 4 aromatic carbocycles. The van der Waals surface area contributed by atoms with Crippen LogP contribution in [0.3, 0.4) is 0 Å². The summed E-state index contributed by atoms with van der Waals surface area (Å²) in [7, 11) is -2.93. The van der Waals surface area contributed by atoms with Crippen LogP contribution in [0.2, 0.25) is 0 Å². The second-order valence-corrected chi connectivity index (χ2v) is 10.5. The van der Waals surface area contributed by atoms with Crippen molar-refractivity contribution in [2.45, 2.75) is 5.91 Å². The van der Waals surface area contributed by atoms with Crippen LogP contribution in [-0.2, 0) is 0 Å². The van der Waals surface area contributed by atoms with Gasteiger partial charge in [0, 0.05) is 0 Å². The summed E-state index contributed by atoms with van der Waals surface area (Å²) >= 11 is 0. The first-order valence-electron chi connectivity index (χ1n) is 9.19. The summed E-state index contributed by atoms with van der Waals surface area (Å²) in [5.41, 5.74) is 0.737. The van der Waals surface area contributed by atoms with Crippen molar-refractivity contribution in [1.82, 2.24) is 0 Å². The molecule has 0 aliphatic heterocycles. The van der Waals surface area contributed by atoms with Crippen LogP contribution < -0.4 is 15.9 Å². The Balaban J connectivity index is 2.07. The van der Waals surface area contributed by atoms with E-state index in [0.29, 0.717) is 0 Å². The van der Waals surface area contributed by atoms with Gasteiger partial charge in [-0.1, -0.05) is 0 Å². The number of hydrogen-bond donors (Lipinski definition) is 0. The molecule has 1 atom stereocenters. The van der Waals surface area contributed by atoms with E-state index in [0.717, 1.165) is 21.5 Å². The summed E-state index contributed by atoms with van der Waals surface area (Å²) < 4.78 is 16.6. The Morgan fingerprint density at radius 3 is 1.07 bits per heavy atom. The Labute approximate surface area is 160 Å². The van der Waals surface area contributed by atoms with Crippen molar-refractivity contribution in [3.8, 4) is 0 Å². The van der Waals surface area contributed by atoms with Gasteiger partial charge >= 0.3 is 160 Å². The number of halogens is 1. The van der Waals surface area contributed by atoms with Crippen LogP contribution >= 0.6 is 7.26 Å². The molecule has 0 amide bonds. The fourth-order valence-electron chi connectivity index (χ4n) is 3.91. The molecule has 0 heterocycles. The number of hydrogen-bond acceptors (Lipinski definition) is 0. The predicted molar refractivity (Wildman–Crippen MR) is 117 cm³/mol. The van der Waals surface area contributed by atoms with Gasteiger partial charge in [0.15, 0.2) is 0 Å². The minimum atomic E-state index is -2.93. The molecule has 0 aliphatic rings. The van der Waals surface area contributed by atoms with E-state index < -0.39 is 13.2 Å². The molecule has 2 heteroatoms. The first kappa shape index (κ1) is 17.6. The van der Waals surface area contributed by atoms with Crippen molar-refractivity contribution in [2.24, 2.45) is 0 Å². The Morgan fingerprint density at radius 1 is 0.444 bits per heavy atom. The van der Waals surface area contributed by atoms with E-state index in [1.807, 2.05) is 84.9 Å². The zero-order valence-electron chi connectivity index (χ0n) is 15.0. The van der Waals surface area contributed by atoms with Crippen molar-refractivity contribution < 1.29 is 4.39 Å². The maximum absolute atomic E-state index is 16.6. The zero-order valence-corrected chi connectivity index (χ0v) is 16.0. The molecule has 134 valence electrons. The molecule has 0 fully saturated rings. The predicted octanol–water partition coefficient (Wildman–Crippen LogP) is 5.38. The van der Waals surface area contributed by atoms with E-state index in [1.165, 1.54) is 0 Å². The molecular weight excluding hydrogens is 350 g/mol. The van der Waals surface area contributed by atoms with E-state index in [2.05, 4.69) is 36.4 Å². The van der Waals surface area contributed by atoms with Gasteiger partial charge in [-0.05, 0) is 0 Å². The van der Waals surface area contributed by atoms with Crippen molar-refractivity contribution >= 4 is 23.2 Å². The Morgan fingerprint density at radius 2 is 0.741 bits per heavy atom. The molecule has 0 bridgehead atoms. The summed E-state index contributed by atoms with van der Waals surface area (Å²) in [6.45, 7) is 0. The molecule has 0 nitrogen and oxygen atoms in total. The van der Waals surface area contributed by atoms with Gasteiger partial charge in [-0.15, -0.1) is 0 Å². The number of alkyl halides is 1. The van der Waals surface area contributed by atoms with Crippen LogP contribution in [0.5, 0.6) is 0 Å². The normalized spacial score (nSPS) is 13.1. The van der Waals surface area contributed by atoms with Gasteiger partial charge in [-0.2, -0.15) is 0 Å². The van der Waals surface area contributed by atoms with Gasteiger partial charge in [0.2, 0.25) is 0 Å². The third kappa shape index (κ3) is 3.20. The van der Waals surface area contributed by atoms with E-state index in [9.17, 15) is 0 Å². The molecule has 0 aromatic heterocycles. The van der Waals surface area contributed by atoms with Gasteiger partial charge in [-0.25, -0.2) is 0 Å². The molecule has 0 saturated carbocycles. The summed E-state index contributed by atoms with van der Waals surface area (Å²) in [6.07, 6.45) is 0. The SMILES string of the molecule is FC(c1ccccc1)[PH](c1ccccc1)(c1ccccc1)c1ccccc1. The molecule has 0 N–H and O–H groups in total. The van der Waals surface area contributed by atoms with Gasteiger partial charge in [0.05, 0.1) is 0 Å². The van der Waals surface area contributed by atoms with Crippen molar-refractivity contribution in [1.29, 1.82) is 0 Å². The summed E-state index contributed by atoms with van der Waals surface area (Å²) in [4.78, 5) is 0. The summed E-state index contributed by atoms with van der Waals surface area (Å²) in [5, 5.41) is 3.25. The monoisotopic (exact) mass is 372 g/mol. The quantitative estimate of drug-likeness (QED) is 0.413. The topological polar surface area (TPSA) is 0 Å². The molecule has 1 unspecified atom stereocenters. The molecule has 4 aromatic rings. The Kier molecular flexibility index (Phi) is 5.14. The average Bonchev–Trinajstić information content (AvgIpc) is 2.77. The van der Waals surface area contributed by atoms with Crippen molar-refractivity contribution in [3.05, 3.63) is 127 Å². The second-order valence-electron chi connectivity index (χ2n) is 6.68. The Bertz CT molecular complexity index is 873. The number of rotatable bonds is 5. The molecule has 0 radical (unpaired) electrons. The van der Waals surface area contributed by atoms with E-state index in [4.69, 9.17) is 0 Å². The van der Waals surface area contributed by atoms with Crippen molar-refractivity contribution in [3.63, 3.8) is 0 Å². The van der Waals surface area contributed by atoms with Crippen molar-refractivity contribution in [2.75, 3.05) is 0 Å². The molecule has 4 rings (SSSR count). The molecule has 0 aliphatic carbocycles. The van der Waals surface area contributed by atoms with Crippen LogP contribution in [0.15, 0.2) is 121 Å². The third-order valence-electron chi connectivity index (χ3n) is 5.16. The van der Waals surface area contributed by atoms with E-state index in [1.54, 1.807) is 0 Å². The van der Waals surface area contributed by atoms with E-state index >= 15 is 4.39 Å². The fourth-order valence-corrected chi connectivity index (χ4v) is 8.64. The van der Waals surface area contributed by atoms with Gasteiger partial charge in [0.1, 0.15) is 0 Å². The van der Waals surface area contributed by atoms with Gasteiger partial charge < -0.3 is 0 Å². The molecule has 0 spiro atoms. The van der Waals surface area contributed by atoms with Crippen LogP contribution in [0.25, 0.3) is 0 Å². The van der Waals surface area contributed by atoms with Gasteiger partial charge in [0.25, 0.3) is 0 Å². The zero-order chi connectivity index (χ0) is 18.5. The average molecular weight is 372 g/mol. The summed E-state index contributed by atoms with van der Waals surface area (Å²) in [5.74, 6) is -1.09. The maximum atomic E-state index is 16.6. The number of benzene rings is 4. The molecular formula is C25H22FP. The van der Waals surface area contributed by atoms with Crippen LogP contribution in [-0.4, -0.2) is 0 Å². The van der Waals surface area contributed by atoms with Crippen LogP contribution in [0, 0.1) is 0 Å². The first-order valence-corrected chi connectivity index (χ1v) is 11.3. The van der Waals surface area contributed by atoms with Crippen LogP contribution in [0.4, 0.5) is 4.39 Å². The first-order chi connectivity index (χ1) is 13.3. The molecule has 27 heavy (non-hydrogen) atoms.